The Kier molecular flexibility index (Phi) is 4.84. The summed E-state index contributed by atoms with van der Waals surface area (Å²) in [5.41, 5.74) is 4.98. The standard InChI is InChI=1S/C13H18N2O/c1-4-5-6-12(15-14)11-8-7-10(2)13(9-11)16-3/h1,7-9,12,15H,5-6,14H2,2-3H3. The molecular formula is C13H18N2O. The Morgan fingerprint density at radius 1 is 1.56 bits per heavy atom. The van der Waals surface area contributed by atoms with Crippen LogP contribution in [0.15, 0.2) is 18.2 Å². The van der Waals surface area contributed by atoms with Gasteiger partial charge in [0.2, 0.25) is 0 Å². The summed E-state index contributed by atoms with van der Waals surface area (Å²) < 4.78 is 5.28. The molecule has 0 fully saturated rings. The lowest BCUT2D eigenvalue weighted by molar-refractivity contribution is 0.409. The van der Waals surface area contributed by atoms with Crippen LogP contribution in [0.3, 0.4) is 0 Å². The van der Waals surface area contributed by atoms with Crippen molar-refractivity contribution in [2.45, 2.75) is 25.8 Å². The number of hydrazine groups is 1. The van der Waals surface area contributed by atoms with E-state index in [2.05, 4.69) is 11.3 Å². The van der Waals surface area contributed by atoms with Gasteiger partial charge in [0.15, 0.2) is 0 Å². The molecule has 0 saturated carbocycles. The molecule has 0 aliphatic rings. The first-order chi connectivity index (χ1) is 7.72. The summed E-state index contributed by atoms with van der Waals surface area (Å²) in [5.74, 6) is 9.00. The third-order valence-electron chi connectivity index (χ3n) is 2.61. The average Bonchev–Trinajstić information content (AvgIpc) is 2.32. The van der Waals surface area contributed by atoms with Gasteiger partial charge in [0.1, 0.15) is 5.75 Å². The zero-order chi connectivity index (χ0) is 12.0. The summed E-state index contributed by atoms with van der Waals surface area (Å²) in [6.45, 7) is 2.01. The van der Waals surface area contributed by atoms with Crippen LogP contribution in [0, 0.1) is 19.3 Å². The highest BCUT2D eigenvalue weighted by atomic mass is 16.5. The van der Waals surface area contributed by atoms with Crippen LogP contribution in [-0.4, -0.2) is 7.11 Å². The van der Waals surface area contributed by atoms with Gasteiger partial charge >= 0.3 is 0 Å². The van der Waals surface area contributed by atoms with Gasteiger partial charge in [-0.05, 0) is 30.5 Å². The van der Waals surface area contributed by atoms with E-state index in [1.54, 1.807) is 7.11 Å². The van der Waals surface area contributed by atoms with Gasteiger partial charge in [0.25, 0.3) is 0 Å². The Balaban J connectivity index is 2.88. The van der Waals surface area contributed by atoms with E-state index in [0.29, 0.717) is 6.42 Å². The van der Waals surface area contributed by atoms with Gasteiger partial charge in [0, 0.05) is 12.5 Å². The first kappa shape index (κ1) is 12.6. The van der Waals surface area contributed by atoms with Crippen molar-refractivity contribution in [1.29, 1.82) is 0 Å². The molecule has 3 nitrogen and oxygen atoms in total. The van der Waals surface area contributed by atoms with Gasteiger partial charge in [0.05, 0.1) is 7.11 Å². The number of ether oxygens (including phenoxy) is 1. The van der Waals surface area contributed by atoms with E-state index in [1.165, 1.54) is 0 Å². The molecule has 0 amide bonds. The van der Waals surface area contributed by atoms with Crippen molar-refractivity contribution in [3.05, 3.63) is 29.3 Å². The maximum atomic E-state index is 5.52. The van der Waals surface area contributed by atoms with Crippen molar-refractivity contribution in [3.8, 4) is 18.1 Å². The molecule has 1 aromatic carbocycles. The summed E-state index contributed by atoms with van der Waals surface area (Å²) in [4.78, 5) is 0. The number of hydrogen-bond donors (Lipinski definition) is 2. The zero-order valence-electron chi connectivity index (χ0n) is 9.79. The molecule has 0 bridgehead atoms. The van der Waals surface area contributed by atoms with Crippen molar-refractivity contribution in [2.24, 2.45) is 5.84 Å². The summed E-state index contributed by atoms with van der Waals surface area (Å²) in [7, 11) is 1.67. The molecule has 1 atom stereocenters. The topological polar surface area (TPSA) is 47.3 Å². The fourth-order valence-corrected chi connectivity index (χ4v) is 1.63. The molecule has 3 N–H and O–H groups in total. The van der Waals surface area contributed by atoms with Crippen molar-refractivity contribution < 1.29 is 4.74 Å². The van der Waals surface area contributed by atoms with Crippen LogP contribution < -0.4 is 16.0 Å². The lowest BCUT2D eigenvalue weighted by Gasteiger charge is -2.16. The normalized spacial score (nSPS) is 11.9. The first-order valence-corrected chi connectivity index (χ1v) is 5.27. The van der Waals surface area contributed by atoms with Crippen molar-refractivity contribution in [2.75, 3.05) is 7.11 Å². The second-order valence-electron chi connectivity index (χ2n) is 3.69. The number of aryl methyl sites for hydroxylation is 1. The van der Waals surface area contributed by atoms with Crippen molar-refractivity contribution >= 4 is 0 Å². The van der Waals surface area contributed by atoms with E-state index >= 15 is 0 Å². The summed E-state index contributed by atoms with van der Waals surface area (Å²) in [5, 5.41) is 0. The lowest BCUT2D eigenvalue weighted by Crippen LogP contribution is -2.27. The highest BCUT2D eigenvalue weighted by molar-refractivity contribution is 5.37. The van der Waals surface area contributed by atoms with Gasteiger partial charge < -0.3 is 4.74 Å². The van der Waals surface area contributed by atoms with E-state index in [-0.39, 0.29) is 6.04 Å². The van der Waals surface area contributed by atoms with E-state index in [4.69, 9.17) is 17.0 Å². The second-order valence-corrected chi connectivity index (χ2v) is 3.69. The quantitative estimate of drug-likeness (QED) is 0.451. The molecule has 1 rings (SSSR count). The Morgan fingerprint density at radius 2 is 2.31 bits per heavy atom. The van der Waals surface area contributed by atoms with Gasteiger partial charge in [-0.3, -0.25) is 11.3 Å². The molecule has 0 radical (unpaired) electrons. The molecule has 86 valence electrons. The summed E-state index contributed by atoms with van der Waals surface area (Å²) >= 11 is 0. The predicted octanol–water partition coefficient (Wildman–Crippen LogP) is 1.92. The van der Waals surface area contributed by atoms with Crippen LogP contribution in [-0.2, 0) is 0 Å². The van der Waals surface area contributed by atoms with Crippen LogP contribution >= 0.6 is 0 Å². The number of hydrogen-bond acceptors (Lipinski definition) is 3. The highest BCUT2D eigenvalue weighted by Crippen LogP contribution is 2.25. The number of methoxy groups -OCH3 is 1. The minimum absolute atomic E-state index is 0.0746. The molecule has 0 aliphatic carbocycles. The van der Waals surface area contributed by atoms with Gasteiger partial charge in [-0.1, -0.05) is 12.1 Å². The Labute approximate surface area is 97.0 Å². The Hall–Kier alpha value is -1.50. The van der Waals surface area contributed by atoms with E-state index in [1.807, 2.05) is 25.1 Å². The predicted molar refractivity (Wildman–Crippen MR) is 65.9 cm³/mol. The van der Waals surface area contributed by atoms with Gasteiger partial charge in [-0.25, -0.2) is 0 Å². The molecule has 0 aliphatic heterocycles. The van der Waals surface area contributed by atoms with Crippen LogP contribution in [0.4, 0.5) is 0 Å². The fourth-order valence-electron chi connectivity index (χ4n) is 1.63. The smallest absolute Gasteiger partial charge is 0.122 e. The molecule has 1 unspecified atom stereocenters. The number of benzene rings is 1. The number of terminal acetylenes is 1. The molecule has 16 heavy (non-hydrogen) atoms. The van der Waals surface area contributed by atoms with Crippen LogP contribution in [0.25, 0.3) is 0 Å². The molecule has 1 aromatic rings. The van der Waals surface area contributed by atoms with Crippen molar-refractivity contribution in [1.82, 2.24) is 5.43 Å². The summed E-state index contributed by atoms with van der Waals surface area (Å²) in [6, 6.07) is 6.13. The molecule has 0 heterocycles. The van der Waals surface area contributed by atoms with E-state index < -0.39 is 0 Å². The largest absolute Gasteiger partial charge is 0.496 e. The van der Waals surface area contributed by atoms with Crippen molar-refractivity contribution in [3.63, 3.8) is 0 Å². The SMILES string of the molecule is C#CCCC(NN)c1ccc(C)c(OC)c1. The van der Waals surface area contributed by atoms with E-state index in [9.17, 15) is 0 Å². The van der Waals surface area contributed by atoms with Gasteiger partial charge in [-0.2, -0.15) is 0 Å². The van der Waals surface area contributed by atoms with Crippen LogP contribution in [0.1, 0.15) is 30.0 Å². The highest BCUT2D eigenvalue weighted by Gasteiger charge is 2.10. The average molecular weight is 218 g/mol. The third-order valence-corrected chi connectivity index (χ3v) is 2.61. The Morgan fingerprint density at radius 3 is 2.88 bits per heavy atom. The van der Waals surface area contributed by atoms with Crippen LogP contribution in [0.5, 0.6) is 5.75 Å². The first-order valence-electron chi connectivity index (χ1n) is 5.27. The maximum absolute atomic E-state index is 5.52. The van der Waals surface area contributed by atoms with E-state index in [0.717, 1.165) is 23.3 Å². The molecule has 0 aromatic heterocycles. The molecule has 3 heteroatoms. The number of nitrogens with two attached hydrogens (primary N) is 1. The minimum Gasteiger partial charge on any atom is -0.496 e. The Bertz CT molecular complexity index is 382. The molecular weight excluding hydrogens is 200 g/mol. The van der Waals surface area contributed by atoms with Gasteiger partial charge in [-0.15, -0.1) is 12.3 Å². The second kappa shape index (κ2) is 6.16. The number of rotatable bonds is 5. The maximum Gasteiger partial charge on any atom is 0.122 e. The molecule has 0 spiro atoms. The number of nitrogens with one attached hydrogen (secondary N) is 1. The van der Waals surface area contributed by atoms with Crippen LogP contribution in [0.2, 0.25) is 0 Å². The monoisotopic (exact) mass is 218 g/mol. The minimum atomic E-state index is 0.0746. The summed E-state index contributed by atoms with van der Waals surface area (Å²) in [6.07, 6.45) is 6.76. The lowest BCUT2D eigenvalue weighted by atomic mass is 10.0. The zero-order valence-corrected chi connectivity index (χ0v) is 9.79. The third kappa shape index (κ3) is 2.99. The fraction of sp³-hybridized carbons (Fsp3) is 0.385. The molecule has 0 saturated heterocycles.